The largest absolute Gasteiger partial charge is 0.541 e. The highest BCUT2D eigenvalue weighted by Crippen LogP contribution is 2.44. The lowest BCUT2D eigenvalue weighted by atomic mass is 9.96. The van der Waals surface area contributed by atoms with Gasteiger partial charge < -0.3 is 9.16 Å². The Bertz CT molecular complexity index is 599. The Balaban J connectivity index is 2.56. The number of fused-ring (bicyclic) bond motifs is 1. The molecular formula is C19H30O3Si. The molecule has 0 saturated carbocycles. The van der Waals surface area contributed by atoms with Crippen LogP contribution in [0.1, 0.15) is 56.5 Å². The first-order chi connectivity index (χ1) is 10.6. The summed E-state index contributed by atoms with van der Waals surface area (Å²) in [5.41, 5.74) is 1.87. The average molecular weight is 335 g/mol. The molecule has 1 unspecified atom stereocenters. The maximum Gasteiger partial charge on any atom is 0.250 e. The van der Waals surface area contributed by atoms with Gasteiger partial charge >= 0.3 is 0 Å². The molecule has 2 rings (SSSR count). The molecule has 3 nitrogen and oxygen atoms in total. The summed E-state index contributed by atoms with van der Waals surface area (Å²) in [4.78, 5) is 12.7. The van der Waals surface area contributed by atoms with Crippen LogP contribution in [0.5, 0.6) is 11.5 Å². The average Bonchev–Trinajstić information content (AvgIpc) is 2.59. The van der Waals surface area contributed by atoms with E-state index in [0.29, 0.717) is 0 Å². The summed E-state index contributed by atoms with van der Waals surface area (Å²) in [5, 5.41) is 0.1000. The van der Waals surface area contributed by atoms with Crippen LogP contribution in [0.15, 0.2) is 12.1 Å². The molecule has 128 valence electrons. The van der Waals surface area contributed by atoms with Gasteiger partial charge in [-0.1, -0.05) is 27.7 Å². The van der Waals surface area contributed by atoms with Crippen LogP contribution in [0.25, 0.3) is 0 Å². The van der Waals surface area contributed by atoms with Crippen LogP contribution in [0.2, 0.25) is 18.1 Å². The first-order valence-electron chi connectivity index (χ1n) is 8.51. The number of rotatable bonds is 3. The fraction of sp³-hybridized carbons (Fsp3) is 0.632. The summed E-state index contributed by atoms with van der Waals surface area (Å²) in [6, 6.07) is 3.80. The fourth-order valence-corrected chi connectivity index (χ4v) is 3.79. The topological polar surface area (TPSA) is 35.5 Å². The zero-order chi connectivity index (χ0) is 17.4. The Morgan fingerprint density at radius 1 is 1.22 bits per heavy atom. The minimum atomic E-state index is -2.00. The van der Waals surface area contributed by atoms with E-state index in [4.69, 9.17) is 9.16 Å². The van der Waals surface area contributed by atoms with Crippen molar-refractivity contribution in [3.8, 4) is 11.5 Å². The molecule has 0 amide bonds. The zero-order valence-electron chi connectivity index (χ0n) is 15.6. The van der Waals surface area contributed by atoms with Crippen LogP contribution in [0.3, 0.4) is 0 Å². The molecule has 0 spiro atoms. The molecule has 0 aliphatic heterocycles. The Morgan fingerprint density at radius 2 is 1.87 bits per heavy atom. The lowest BCUT2D eigenvalue weighted by Gasteiger charge is -2.37. The second-order valence-corrected chi connectivity index (χ2v) is 12.9. The highest BCUT2D eigenvalue weighted by atomic mass is 28.4. The minimum Gasteiger partial charge on any atom is -0.541 e. The number of ketones is 1. The summed E-state index contributed by atoms with van der Waals surface area (Å²) in [6.07, 6.45) is 2.84. The van der Waals surface area contributed by atoms with Gasteiger partial charge in [-0.25, -0.2) is 0 Å². The second kappa shape index (κ2) is 6.31. The van der Waals surface area contributed by atoms with Crippen LogP contribution >= 0.6 is 0 Å². The van der Waals surface area contributed by atoms with E-state index in [9.17, 15) is 4.79 Å². The summed E-state index contributed by atoms with van der Waals surface area (Å²) in [5.74, 6) is 1.88. The highest BCUT2D eigenvalue weighted by Gasteiger charge is 2.40. The maximum absolute atomic E-state index is 12.7. The number of carbonyl (C=O) groups excluding carboxylic acids is 1. The molecular weight excluding hydrogens is 304 g/mol. The number of hydrogen-bond acceptors (Lipinski definition) is 3. The number of methoxy groups -OCH3 is 1. The predicted octanol–water partition coefficient (Wildman–Crippen LogP) is 5.23. The standard InChI is InChI=1S/C19H30O3Si/c1-13-9-8-10-15-14(17(13)20)11-12-16(21-5)18(15)22-23(6,7)19(2,3)4/h11-13H,8-10H2,1-7H3. The van der Waals surface area contributed by atoms with Crippen molar-refractivity contribution < 1.29 is 14.0 Å². The van der Waals surface area contributed by atoms with Crippen molar-refractivity contribution in [1.29, 1.82) is 0 Å². The SMILES string of the molecule is COc1ccc2c(c1O[Si](C)(C)C(C)(C)C)CCCC(C)C2=O. The van der Waals surface area contributed by atoms with E-state index < -0.39 is 8.32 Å². The number of Topliss-reactive ketones (excluding diaryl/α,β-unsaturated/α-hetero) is 1. The van der Waals surface area contributed by atoms with Crippen LogP contribution in [-0.2, 0) is 6.42 Å². The summed E-state index contributed by atoms with van der Waals surface area (Å²) in [7, 11) is -0.331. The van der Waals surface area contributed by atoms with Crippen LogP contribution in [-0.4, -0.2) is 21.2 Å². The van der Waals surface area contributed by atoms with Gasteiger partial charge in [0.1, 0.15) is 0 Å². The van der Waals surface area contributed by atoms with Gasteiger partial charge in [0.2, 0.25) is 0 Å². The van der Waals surface area contributed by atoms with Crippen molar-refractivity contribution >= 4 is 14.1 Å². The highest BCUT2D eigenvalue weighted by molar-refractivity contribution is 6.74. The molecule has 4 heteroatoms. The van der Waals surface area contributed by atoms with Gasteiger partial charge in [-0.05, 0) is 49.5 Å². The molecule has 0 heterocycles. The molecule has 0 fully saturated rings. The van der Waals surface area contributed by atoms with Crippen molar-refractivity contribution in [3.05, 3.63) is 23.3 Å². The lowest BCUT2D eigenvalue weighted by Crippen LogP contribution is -2.44. The van der Waals surface area contributed by atoms with Crippen molar-refractivity contribution in [2.24, 2.45) is 5.92 Å². The van der Waals surface area contributed by atoms with Gasteiger partial charge in [-0.15, -0.1) is 0 Å². The van der Waals surface area contributed by atoms with E-state index in [2.05, 4.69) is 33.9 Å². The summed E-state index contributed by atoms with van der Waals surface area (Å²) >= 11 is 0. The molecule has 1 aliphatic carbocycles. The number of hydrogen-bond donors (Lipinski definition) is 0. The first kappa shape index (κ1) is 18.1. The Hall–Kier alpha value is -1.29. The fourth-order valence-electron chi connectivity index (χ4n) is 2.75. The van der Waals surface area contributed by atoms with E-state index in [0.717, 1.165) is 41.9 Å². The third-order valence-electron chi connectivity index (χ3n) is 5.38. The van der Waals surface area contributed by atoms with Gasteiger partial charge in [-0.3, -0.25) is 4.79 Å². The van der Waals surface area contributed by atoms with Crippen molar-refractivity contribution in [2.75, 3.05) is 7.11 Å². The van der Waals surface area contributed by atoms with Gasteiger partial charge in [0, 0.05) is 17.0 Å². The van der Waals surface area contributed by atoms with E-state index in [-0.39, 0.29) is 16.7 Å². The van der Waals surface area contributed by atoms with Gasteiger partial charge in [0.25, 0.3) is 8.32 Å². The zero-order valence-corrected chi connectivity index (χ0v) is 16.6. The Kier molecular flexibility index (Phi) is 4.95. The minimum absolute atomic E-state index is 0.0883. The summed E-state index contributed by atoms with van der Waals surface area (Å²) in [6.45, 7) is 13.2. The molecule has 0 N–H and O–H groups in total. The maximum atomic E-state index is 12.7. The van der Waals surface area contributed by atoms with Crippen molar-refractivity contribution in [1.82, 2.24) is 0 Å². The van der Waals surface area contributed by atoms with E-state index in [1.165, 1.54) is 0 Å². The molecule has 1 atom stereocenters. The quantitative estimate of drug-likeness (QED) is 0.560. The third-order valence-corrected chi connectivity index (χ3v) is 9.71. The summed E-state index contributed by atoms with van der Waals surface area (Å²) < 4.78 is 12.1. The van der Waals surface area contributed by atoms with Crippen molar-refractivity contribution in [2.45, 2.75) is 65.1 Å². The number of ether oxygens (including phenoxy) is 1. The molecule has 0 saturated heterocycles. The molecule has 0 radical (unpaired) electrons. The normalized spacial score (nSPS) is 19.1. The van der Waals surface area contributed by atoms with E-state index in [1.807, 2.05) is 19.1 Å². The predicted molar refractivity (Wildman–Crippen MR) is 97.3 cm³/mol. The van der Waals surface area contributed by atoms with Crippen LogP contribution < -0.4 is 9.16 Å². The number of carbonyl (C=O) groups is 1. The first-order valence-corrected chi connectivity index (χ1v) is 11.4. The molecule has 1 aliphatic rings. The van der Waals surface area contributed by atoms with E-state index in [1.54, 1.807) is 7.11 Å². The van der Waals surface area contributed by atoms with E-state index >= 15 is 0 Å². The Labute approximate surface area is 141 Å². The number of benzene rings is 1. The monoisotopic (exact) mass is 334 g/mol. The smallest absolute Gasteiger partial charge is 0.250 e. The molecule has 0 aromatic heterocycles. The van der Waals surface area contributed by atoms with Crippen molar-refractivity contribution in [3.63, 3.8) is 0 Å². The molecule has 1 aromatic carbocycles. The molecule has 1 aromatic rings. The van der Waals surface area contributed by atoms with Gasteiger partial charge in [-0.2, -0.15) is 0 Å². The molecule has 23 heavy (non-hydrogen) atoms. The Morgan fingerprint density at radius 3 is 2.43 bits per heavy atom. The molecule has 0 bridgehead atoms. The second-order valence-electron chi connectivity index (χ2n) is 8.14. The third kappa shape index (κ3) is 3.47. The lowest BCUT2D eigenvalue weighted by molar-refractivity contribution is 0.0926. The van der Waals surface area contributed by atoms with Gasteiger partial charge in [0.15, 0.2) is 17.3 Å². The van der Waals surface area contributed by atoms with Crippen LogP contribution in [0.4, 0.5) is 0 Å². The van der Waals surface area contributed by atoms with Crippen LogP contribution in [0, 0.1) is 5.92 Å². The van der Waals surface area contributed by atoms with Gasteiger partial charge in [0.05, 0.1) is 7.11 Å².